The molecule has 0 saturated heterocycles. The fourth-order valence-corrected chi connectivity index (χ4v) is 2.86. The summed E-state index contributed by atoms with van der Waals surface area (Å²) in [6.07, 6.45) is -3.53. The molecule has 0 unspecified atom stereocenters. The van der Waals surface area contributed by atoms with Crippen LogP contribution in [0.15, 0.2) is 48.7 Å². The summed E-state index contributed by atoms with van der Waals surface area (Å²) in [7, 11) is 3.02. The highest BCUT2D eigenvalue weighted by molar-refractivity contribution is 5.96. The summed E-state index contributed by atoms with van der Waals surface area (Å²) in [4.78, 5) is 33.4. The van der Waals surface area contributed by atoms with Crippen LogP contribution < -0.4 is 10.1 Å². The highest BCUT2D eigenvalue weighted by Crippen LogP contribution is 2.30. The molecule has 2 heterocycles. The summed E-state index contributed by atoms with van der Waals surface area (Å²) in [5, 5.41) is 3.29. The minimum Gasteiger partial charge on any atom is -0.456 e. The lowest BCUT2D eigenvalue weighted by Crippen LogP contribution is -2.39. The minimum absolute atomic E-state index is 0.129. The molecule has 0 bridgehead atoms. The van der Waals surface area contributed by atoms with Gasteiger partial charge in [-0.05, 0) is 36.4 Å². The lowest BCUT2D eigenvalue weighted by Gasteiger charge is -2.16. The maximum absolute atomic E-state index is 12.6. The fourth-order valence-electron chi connectivity index (χ4n) is 2.86. The van der Waals surface area contributed by atoms with Gasteiger partial charge >= 0.3 is 6.18 Å². The van der Waals surface area contributed by atoms with Crippen LogP contribution >= 0.6 is 0 Å². The Labute approximate surface area is 187 Å². The summed E-state index contributed by atoms with van der Waals surface area (Å²) in [6, 6.07) is 10.0. The van der Waals surface area contributed by atoms with Gasteiger partial charge in [0.15, 0.2) is 0 Å². The first-order valence-corrected chi connectivity index (χ1v) is 9.80. The van der Waals surface area contributed by atoms with E-state index in [0.29, 0.717) is 29.8 Å². The zero-order valence-electron chi connectivity index (χ0n) is 17.8. The van der Waals surface area contributed by atoms with Gasteiger partial charge < -0.3 is 19.7 Å². The van der Waals surface area contributed by atoms with Crippen molar-refractivity contribution in [2.75, 3.05) is 33.9 Å². The summed E-state index contributed by atoms with van der Waals surface area (Å²) in [5.41, 5.74) is -0.334. The van der Waals surface area contributed by atoms with Gasteiger partial charge in [0.2, 0.25) is 5.91 Å². The molecule has 2 aromatic heterocycles. The zero-order valence-corrected chi connectivity index (χ0v) is 17.8. The van der Waals surface area contributed by atoms with Crippen molar-refractivity contribution in [3.63, 3.8) is 0 Å². The Balaban J connectivity index is 1.67. The number of nitrogens with one attached hydrogen (secondary N) is 1. The molecule has 1 aromatic carbocycles. The van der Waals surface area contributed by atoms with Gasteiger partial charge in [-0.2, -0.15) is 13.2 Å². The Morgan fingerprint density at radius 2 is 1.85 bits per heavy atom. The van der Waals surface area contributed by atoms with Crippen LogP contribution in [0.2, 0.25) is 0 Å². The number of aromatic nitrogens is 2. The van der Waals surface area contributed by atoms with Crippen molar-refractivity contribution in [2.45, 2.75) is 6.18 Å². The third-order valence-corrected chi connectivity index (χ3v) is 4.50. The lowest BCUT2D eigenvalue weighted by molar-refractivity contribution is -0.141. The van der Waals surface area contributed by atoms with Crippen LogP contribution in [0, 0.1) is 0 Å². The van der Waals surface area contributed by atoms with Gasteiger partial charge in [0.25, 0.3) is 5.91 Å². The van der Waals surface area contributed by atoms with Crippen LogP contribution in [0.4, 0.5) is 13.2 Å². The molecule has 0 aliphatic heterocycles. The molecule has 8 nitrogen and oxygen atoms in total. The van der Waals surface area contributed by atoms with E-state index in [1.165, 1.54) is 31.2 Å². The second kappa shape index (κ2) is 10.3. The molecule has 174 valence electrons. The van der Waals surface area contributed by atoms with Crippen molar-refractivity contribution in [2.24, 2.45) is 0 Å². The van der Waals surface area contributed by atoms with Gasteiger partial charge in [0, 0.05) is 26.1 Å². The number of ether oxygens (including phenoxy) is 2. The number of likely N-dealkylation sites (N-methyl/N-ethyl adjacent to an activating group) is 1. The fraction of sp³-hybridized carbons (Fsp3) is 0.273. The summed E-state index contributed by atoms with van der Waals surface area (Å²) in [5.74, 6) is -0.222. The Hall–Kier alpha value is -3.73. The third kappa shape index (κ3) is 6.39. The first kappa shape index (κ1) is 23.9. The van der Waals surface area contributed by atoms with Gasteiger partial charge in [-0.1, -0.05) is 6.07 Å². The Morgan fingerprint density at radius 3 is 2.52 bits per heavy atom. The molecule has 0 saturated carbocycles. The molecular formula is C22H21F3N4O4. The van der Waals surface area contributed by atoms with Crippen LogP contribution in [0.5, 0.6) is 11.5 Å². The highest BCUT2D eigenvalue weighted by Gasteiger charge is 2.32. The number of halogens is 3. The number of carbonyl (C=O) groups is 2. The van der Waals surface area contributed by atoms with E-state index in [2.05, 4.69) is 15.3 Å². The summed E-state index contributed by atoms with van der Waals surface area (Å²) < 4.78 is 48.3. The molecule has 0 spiro atoms. The third-order valence-electron chi connectivity index (χ3n) is 4.50. The standard InChI is InChI=1S/C22H21F3N4O4/c1-29(13-20(30)26-9-10-32-2)21(31)18-6-3-14-11-15(4-7-17(14)28-18)33-16-5-8-19(27-12-16)22(23,24)25/h3-8,11-12H,9-10,13H2,1-2H3,(H,26,30). The first-order chi connectivity index (χ1) is 15.7. The maximum Gasteiger partial charge on any atom is 0.433 e. The normalized spacial score (nSPS) is 11.3. The van der Waals surface area contributed by atoms with Crippen LogP contribution in [0.25, 0.3) is 10.9 Å². The number of hydrogen-bond acceptors (Lipinski definition) is 6. The summed E-state index contributed by atoms with van der Waals surface area (Å²) >= 11 is 0. The largest absolute Gasteiger partial charge is 0.456 e. The first-order valence-electron chi connectivity index (χ1n) is 9.80. The minimum atomic E-state index is -4.52. The van der Waals surface area contributed by atoms with Gasteiger partial charge in [0.1, 0.15) is 22.9 Å². The van der Waals surface area contributed by atoms with Gasteiger partial charge in [0.05, 0.1) is 24.9 Å². The molecule has 0 radical (unpaired) electrons. The molecular weight excluding hydrogens is 441 g/mol. The number of benzene rings is 1. The predicted molar refractivity (Wildman–Crippen MR) is 113 cm³/mol. The smallest absolute Gasteiger partial charge is 0.433 e. The quantitative estimate of drug-likeness (QED) is 0.517. The topological polar surface area (TPSA) is 93.7 Å². The SMILES string of the molecule is COCCNC(=O)CN(C)C(=O)c1ccc2cc(Oc3ccc(C(F)(F)F)nc3)ccc2n1. The summed E-state index contributed by atoms with van der Waals surface area (Å²) in [6.45, 7) is 0.589. The molecule has 11 heteroatoms. The van der Waals surface area contributed by atoms with Crippen LogP contribution in [-0.4, -0.2) is 60.5 Å². The van der Waals surface area contributed by atoms with Gasteiger partial charge in [-0.15, -0.1) is 0 Å². The predicted octanol–water partition coefficient (Wildman–Crippen LogP) is 3.28. The average Bonchev–Trinajstić information content (AvgIpc) is 2.78. The van der Waals surface area contributed by atoms with E-state index in [-0.39, 0.29) is 23.9 Å². The molecule has 33 heavy (non-hydrogen) atoms. The van der Waals surface area contributed by atoms with Crippen molar-refractivity contribution in [3.05, 3.63) is 60.0 Å². The Kier molecular flexibility index (Phi) is 7.44. The molecule has 0 atom stereocenters. The Morgan fingerprint density at radius 1 is 1.09 bits per heavy atom. The number of methoxy groups -OCH3 is 1. The van der Waals surface area contributed by atoms with Crippen molar-refractivity contribution in [1.29, 1.82) is 0 Å². The van der Waals surface area contributed by atoms with Crippen LogP contribution in [0.1, 0.15) is 16.2 Å². The van der Waals surface area contributed by atoms with Crippen molar-refractivity contribution >= 4 is 22.7 Å². The van der Waals surface area contributed by atoms with Gasteiger partial charge in [-0.25, -0.2) is 9.97 Å². The lowest BCUT2D eigenvalue weighted by atomic mass is 10.2. The number of rotatable bonds is 8. The molecule has 3 rings (SSSR count). The monoisotopic (exact) mass is 462 g/mol. The van der Waals surface area contributed by atoms with Gasteiger partial charge in [-0.3, -0.25) is 9.59 Å². The molecule has 0 aliphatic rings. The van der Waals surface area contributed by atoms with E-state index in [9.17, 15) is 22.8 Å². The molecule has 3 aromatic rings. The van der Waals surface area contributed by atoms with Crippen LogP contribution in [-0.2, 0) is 15.7 Å². The second-order valence-electron chi connectivity index (χ2n) is 7.03. The molecule has 2 amide bonds. The van der Waals surface area contributed by atoms with Crippen molar-refractivity contribution < 1.29 is 32.2 Å². The van der Waals surface area contributed by atoms with Crippen LogP contribution in [0.3, 0.4) is 0 Å². The Bertz CT molecular complexity index is 1140. The van der Waals surface area contributed by atoms with E-state index in [0.717, 1.165) is 12.3 Å². The van der Waals surface area contributed by atoms with E-state index >= 15 is 0 Å². The number of carbonyl (C=O) groups excluding carboxylic acids is 2. The van der Waals surface area contributed by atoms with E-state index < -0.39 is 17.8 Å². The van der Waals surface area contributed by atoms with E-state index in [1.807, 2.05) is 0 Å². The van der Waals surface area contributed by atoms with E-state index in [1.54, 1.807) is 24.3 Å². The molecule has 0 aliphatic carbocycles. The zero-order chi connectivity index (χ0) is 24.0. The van der Waals surface area contributed by atoms with Crippen molar-refractivity contribution in [3.8, 4) is 11.5 Å². The number of hydrogen-bond donors (Lipinski definition) is 1. The maximum atomic E-state index is 12.6. The van der Waals surface area contributed by atoms with Crippen molar-refractivity contribution in [1.82, 2.24) is 20.2 Å². The number of alkyl halides is 3. The number of pyridine rings is 2. The second-order valence-corrected chi connectivity index (χ2v) is 7.03. The number of nitrogens with zero attached hydrogens (tertiary/aromatic N) is 3. The number of amides is 2. The number of fused-ring (bicyclic) bond motifs is 1. The molecule has 1 N–H and O–H groups in total. The molecule has 0 fully saturated rings. The van der Waals surface area contributed by atoms with E-state index in [4.69, 9.17) is 9.47 Å². The average molecular weight is 462 g/mol. The highest BCUT2D eigenvalue weighted by atomic mass is 19.4.